The Morgan fingerprint density at radius 2 is 1.92 bits per heavy atom. The summed E-state index contributed by atoms with van der Waals surface area (Å²) in [5.74, 6) is -1.75. The molecule has 0 spiro atoms. The van der Waals surface area contributed by atoms with Crippen LogP contribution in [0.4, 0.5) is 5.13 Å². The Kier molecular flexibility index (Phi) is 6.27. The summed E-state index contributed by atoms with van der Waals surface area (Å²) in [7, 11) is 1.25. The van der Waals surface area contributed by atoms with Crippen molar-refractivity contribution in [3.05, 3.63) is 74.2 Å². The fraction of sp³-hybridized carbons (Fsp3) is 0.200. The Morgan fingerprint density at radius 3 is 2.64 bits per heavy atom. The number of ketones is 1. The second-order valence-electron chi connectivity index (χ2n) is 7.99. The first kappa shape index (κ1) is 24.0. The number of halogens is 1. The molecule has 1 fully saturated rings. The molecule has 1 saturated heterocycles. The zero-order chi connectivity index (χ0) is 25.6. The van der Waals surface area contributed by atoms with Gasteiger partial charge in [0.1, 0.15) is 23.9 Å². The highest BCUT2D eigenvalue weighted by molar-refractivity contribution is 9.10. The Hall–Kier alpha value is -3.70. The van der Waals surface area contributed by atoms with Gasteiger partial charge in [0.2, 0.25) is 0 Å². The molecule has 1 unspecified atom stereocenters. The molecule has 2 aliphatic heterocycles. The summed E-state index contributed by atoms with van der Waals surface area (Å²) < 4.78 is 16.7. The van der Waals surface area contributed by atoms with E-state index >= 15 is 0 Å². The van der Waals surface area contributed by atoms with Gasteiger partial charge < -0.3 is 19.3 Å². The summed E-state index contributed by atoms with van der Waals surface area (Å²) in [6.45, 7) is 2.38. The fourth-order valence-electron chi connectivity index (χ4n) is 4.14. The van der Waals surface area contributed by atoms with Crippen LogP contribution in [-0.4, -0.2) is 48.1 Å². The molecule has 184 valence electrons. The summed E-state index contributed by atoms with van der Waals surface area (Å²) in [6, 6.07) is 10.9. The number of hydrogen-bond acceptors (Lipinski definition) is 9. The minimum Gasteiger partial charge on any atom is -0.507 e. The van der Waals surface area contributed by atoms with Gasteiger partial charge in [-0.2, -0.15) is 0 Å². The van der Waals surface area contributed by atoms with E-state index in [1.807, 2.05) is 0 Å². The van der Waals surface area contributed by atoms with Gasteiger partial charge in [0.15, 0.2) is 16.6 Å². The number of fused-ring (bicyclic) bond motifs is 1. The Morgan fingerprint density at radius 1 is 1.17 bits per heavy atom. The zero-order valence-corrected chi connectivity index (χ0v) is 21.5. The molecular formula is C25H19BrN2O7S. The third kappa shape index (κ3) is 4.03. The maximum Gasteiger partial charge on any atom is 0.350 e. The molecule has 36 heavy (non-hydrogen) atoms. The van der Waals surface area contributed by atoms with Crippen molar-refractivity contribution in [3.63, 3.8) is 0 Å². The average molecular weight is 571 g/mol. The number of rotatable bonds is 4. The standard InChI is InChI=1S/C25H19BrN2O7S/c1-12-22(24(32)33-2)36-25(27-12)28-19(13-4-3-5-15(26)10-13)18(21(30)23(28)31)20(29)14-6-7-16-17(11-14)35-9-8-34-16/h3-7,10-11,19,29H,8-9H2,1-2H3. The van der Waals surface area contributed by atoms with Crippen LogP contribution in [0.3, 0.4) is 0 Å². The number of aliphatic hydroxyl groups excluding tert-OH is 1. The summed E-state index contributed by atoms with van der Waals surface area (Å²) in [4.78, 5) is 44.7. The SMILES string of the molecule is COC(=O)c1sc(N2C(=O)C(=O)C(=C(O)c3ccc4c(c3)OCCO4)C2c2cccc(Br)c2)nc1C. The second kappa shape index (κ2) is 9.40. The van der Waals surface area contributed by atoms with E-state index in [0.29, 0.717) is 41.5 Å². The minimum atomic E-state index is -0.994. The maximum absolute atomic E-state index is 13.4. The molecule has 0 radical (unpaired) electrons. The summed E-state index contributed by atoms with van der Waals surface area (Å²) in [6.07, 6.45) is 0. The number of aliphatic hydroxyl groups is 1. The number of Topliss-reactive ketones (excluding diaryl/α,β-unsaturated/α-hetero) is 1. The molecule has 9 nitrogen and oxygen atoms in total. The first-order valence-electron chi connectivity index (χ1n) is 10.8. The number of nitrogens with zero attached hydrogens (tertiary/aromatic N) is 2. The number of thiazole rings is 1. The number of amides is 1. The van der Waals surface area contributed by atoms with E-state index in [4.69, 9.17) is 14.2 Å². The first-order chi connectivity index (χ1) is 17.3. The highest BCUT2D eigenvalue weighted by Gasteiger charge is 2.48. The number of benzene rings is 2. The van der Waals surface area contributed by atoms with Crippen molar-refractivity contribution < 1.29 is 33.7 Å². The molecule has 1 N–H and O–H groups in total. The second-order valence-corrected chi connectivity index (χ2v) is 9.88. The average Bonchev–Trinajstić information content (AvgIpc) is 3.39. The van der Waals surface area contributed by atoms with Crippen LogP contribution in [0.25, 0.3) is 5.76 Å². The lowest BCUT2D eigenvalue weighted by atomic mass is 9.95. The smallest absolute Gasteiger partial charge is 0.350 e. The molecule has 2 aromatic carbocycles. The van der Waals surface area contributed by atoms with E-state index in [-0.39, 0.29) is 21.3 Å². The van der Waals surface area contributed by atoms with E-state index in [2.05, 4.69) is 20.9 Å². The third-order valence-electron chi connectivity index (χ3n) is 5.79. The monoisotopic (exact) mass is 570 g/mol. The molecule has 3 heterocycles. The van der Waals surface area contributed by atoms with Gasteiger partial charge >= 0.3 is 11.9 Å². The normalized spacial score (nSPS) is 18.4. The number of ether oxygens (including phenoxy) is 3. The highest BCUT2D eigenvalue weighted by Crippen LogP contribution is 2.45. The van der Waals surface area contributed by atoms with Gasteiger partial charge in [-0.25, -0.2) is 9.78 Å². The van der Waals surface area contributed by atoms with Crippen molar-refractivity contribution in [2.24, 2.45) is 0 Å². The van der Waals surface area contributed by atoms with Gasteiger partial charge in [0.25, 0.3) is 5.78 Å². The number of aryl methyl sites for hydroxylation is 1. The van der Waals surface area contributed by atoms with E-state index in [0.717, 1.165) is 15.8 Å². The number of carbonyl (C=O) groups excluding carboxylic acids is 3. The molecular weight excluding hydrogens is 552 g/mol. The summed E-state index contributed by atoms with van der Waals surface area (Å²) in [5, 5.41) is 11.5. The van der Waals surface area contributed by atoms with Gasteiger partial charge in [-0.15, -0.1) is 0 Å². The molecule has 5 rings (SSSR count). The van der Waals surface area contributed by atoms with Crippen molar-refractivity contribution in [3.8, 4) is 11.5 Å². The van der Waals surface area contributed by atoms with E-state index < -0.39 is 23.7 Å². The van der Waals surface area contributed by atoms with Crippen LogP contribution in [0.5, 0.6) is 11.5 Å². The molecule has 1 aromatic heterocycles. The van der Waals surface area contributed by atoms with Crippen LogP contribution in [-0.2, 0) is 14.3 Å². The third-order valence-corrected chi connectivity index (χ3v) is 7.42. The lowest BCUT2D eigenvalue weighted by Gasteiger charge is -2.23. The molecule has 11 heteroatoms. The molecule has 3 aromatic rings. The number of methoxy groups -OCH3 is 1. The van der Waals surface area contributed by atoms with Crippen LogP contribution in [0.15, 0.2) is 52.5 Å². The Balaban J connectivity index is 1.69. The van der Waals surface area contributed by atoms with Crippen molar-refractivity contribution in [1.82, 2.24) is 4.98 Å². The van der Waals surface area contributed by atoms with Crippen molar-refractivity contribution in [2.75, 3.05) is 25.2 Å². The predicted molar refractivity (Wildman–Crippen MR) is 135 cm³/mol. The van der Waals surface area contributed by atoms with Crippen LogP contribution < -0.4 is 14.4 Å². The van der Waals surface area contributed by atoms with Crippen LogP contribution >= 0.6 is 27.3 Å². The lowest BCUT2D eigenvalue weighted by Crippen LogP contribution is -2.29. The minimum absolute atomic E-state index is 0.109. The topological polar surface area (TPSA) is 115 Å². The van der Waals surface area contributed by atoms with E-state index in [9.17, 15) is 19.5 Å². The Labute approximate surface area is 218 Å². The molecule has 1 atom stereocenters. The molecule has 2 aliphatic rings. The van der Waals surface area contributed by atoms with Crippen LogP contribution in [0, 0.1) is 6.92 Å². The summed E-state index contributed by atoms with van der Waals surface area (Å²) in [5.41, 5.74) is 1.11. The van der Waals surface area contributed by atoms with Gasteiger partial charge in [0, 0.05) is 10.0 Å². The quantitative estimate of drug-likeness (QED) is 0.212. The summed E-state index contributed by atoms with van der Waals surface area (Å²) >= 11 is 4.37. The van der Waals surface area contributed by atoms with Gasteiger partial charge in [-0.05, 0) is 42.8 Å². The number of hydrogen-bond donors (Lipinski definition) is 1. The zero-order valence-electron chi connectivity index (χ0n) is 19.1. The van der Waals surface area contributed by atoms with Crippen molar-refractivity contribution in [1.29, 1.82) is 0 Å². The van der Waals surface area contributed by atoms with Gasteiger partial charge in [-0.1, -0.05) is 39.4 Å². The van der Waals surface area contributed by atoms with E-state index in [1.165, 1.54) is 12.0 Å². The molecule has 0 aliphatic carbocycles. The first-order valence-corrected chi connectivity index (χ1v) is 12.4. The number of carbonyl (C=O) groups is 3. The number of esters is 1. The van der Waals surface area contributed by atoms with Crippen LogP contribution in [0.1, 0.15) is 32.5 Å². The molecule has 0 bridgehead atoms. The maximum atomic E-state index is 13.4. The Bertz CT molecular complexity index is 1450. The largest absolute Gasteiger partial charge is 0.507 e. The predicted octanol–water partition coefficient (Wildman–Crippen LogP) is 4.40. The van der Waals surface area contributed by atoms with Crippen molar-refractivity contribution >= 4 is 55.8 Å². The van der Waals surface area contributed by atoms with E-state index in [1.54, 1.807) is 49.4 Å². The van der Waals surface area contributed by atoms with Gasteiger partial charge in [0.05, 0.1) is 24.4 Å². The number of anilines is 1. The lowest BCUT2D eigenvalue weighted by molar-refractivity contribution is -0.132. The molecule has 1 amide bonds. The fourth-order valence-corrected chi connectivity index (χ4v) is 5.56. The van der Waals surface area contributed by atoms with Crippen molar-refractivity contribution in [2.45, 2.75) is 13.0 Å². The number of aromatic nitrogens is 1. The van der Waals surface area contributed by atoms with Crippen LogP contribution in [0.2, 0.25) is 0 Å². The highest BCUT2D eigenvalue weighted by atomic mass is 79.9. The molecule has 0 saturated carbocycles. The van der Waals surface area contributed by atoms with Gasteiger partial charge in [-0.3, -0.25) is 14.5 Å².